The monoisotopic (exact) mass is 383 g/mol. The second-order valence-electron chi connectivity index (χ2n) is 6.67. The Balaban J connectivity index is 1.85. The number of rotatable bonds is 5. The highest BCUT2D eigenvalue weighted by molar-refractivity contribution is 6.32. The van der Waals surface area contributed by atoms with E-state index < -0.39 is 12.3 Å². The number of ether oxygens (including phenoxy) is 1. The van der Waals surface area contributed by atoms with Crippen LogP contribution in [0.1, 0.15) is 54.4 Å². The summed E-state index contributed by atoms with van der Waals surface area (Å²) in [5.74, 6) is 0.117. The summed E-state index contributed by atoms with van der Waals surface area (Å²) in [7, 11) is 0. The quantitative estimate of drug-likeness (QED) is 0.833. The minimum atomic E-state index is -2.77. The molecule has 0 unspecified atom stereocenters. The third-order valence-electron chi connectivity index (χ3n) is 4.12. The largest absolute Gasteiger partial charge is 0.492 e. The Hall–Kier alpha value is -2.15. The van der Waals surface area contributed by atoms with E-state index in [0.29, 0.717) is 30.3 Å². The zero-order chi connectivity index (χ0) is 18.8. The Bertz CT molecular complexity index is 808. The van der Waals surface area contributed by atoms with Crippen LogP contribution in [0.4, 0.5) is 8.78 Å². The minimum absolute atomic E-state index is 0.223. The first kappa shape index (κ1) is 18.6. The molecule has 0 radical (unpaired) electrons. The zero-order valence-electron chi connectivity index (χ0n) is 14.5. The number of halogens is 3. The molecule has 26 heavy (non-hydrogen) atoms. The molecule has 1 aromatic carbocycles. The third kappa shape index (κ3) is 3.82. The van der Waals surface area contributed by atoms with Crippen LogP contribution in [0.25, 0.3) is 0 Å². The van der Waals surface area contributed by atoms with Gasteiger partial charge in [0, 0.05) is 24.7 Å². The summed E-state index contributed by atoms with van der Waals surface area (Å²) in [4.78, 5) is 12.6. The standard InChI is InChI=1S/C18H20ClF2N3O2/c1-10(2)8-24-9-12(17(20)21)15(23-24)18(25)22-14-6-7-26-16-11(14)4-3-5-13(16)19/h3-5,9-10,14,17H,6-8H2,1-2H3,(H,22,25)/t14-/m1/s1. The molecule has 1 atom stereocenters. The van der Waals surface area contributed by atoms with Gasteiger partial charge in [0.15, 0.2) is 5.69 Å². The van der Waals surface area contributed by atoms with Gasteiger partial charge in [-0.25, -0.2) is 8.78 Å². The molecule has 140 valence electrons. The molecule has 0 saturated heterocycles. The normalized spacial score (nSPS) is 16.5. The number of amides is 1. The smallest absolute Gasteiger partial charge is 0.272 e. The van der Waals surface area contributed by atoms with E-state index in [1.54, 1.807) is 18.2 Å². The summed E-state index contributed by atoms with van der Waals surface area (Å²) in [6.07, 6.45) is -1.00. The number of alkyl halides is 2. The van der Waals surface area contributed by atoms with E-state index in [2.05, 4.69) is 10.4 Å². The summed E-state index contributed by atoms with van der Waals surface area (Å²) >= 11 is 6.13. The van der Waals surface area contributed by atoms with Gasteiger partial charge in [-0.2, -0.15) is 5.10 Å². The molecular weight excluding hydrogens is 364 g/mol. The number of hydrogen-bond donors (Lipinski definition) is 1. The van der Waals surface area contributed by atoms with Crippen LogP contribution in [-0.2, 0) is 6.54 Å². The number of benzene rings is 1. The van der Waals surface area contributed by atoms with Gasteiger partial charge < -0.3 is 10.1 Å². The van der Waals surface area contributed by atoms with Crippen molar-refractivity contribution in [1.29, 1.82) is 0 Å². The van der Waals surface area contributed by atoms with Crippen LogP contribution in [0.3, 0.4) is 0 Å². The van der Waals surface area contributed by atoms with E-state index in [1.807, 2.05) is 13.8 Å². The van der Waals surface area contributed by atoms with E-state index in [-0.39, 0.29) is 23.2 Å². The van der Waals surface area contributed by atoms with E-state index in [9.17, 15) is 13.6 Å². The van der Waals surface area contributed by atoms with Crippen molar-refractivity contribution in [1.82, 2.24) is 15.1 Å². The van der Waals surface area contributed by atoms with Crippen molar-refractivity contribution in [2.45, 2.75) is 39.3 Å². The van der Waals surface area contributed by atoms with Crippen LogP contribution < -0.4 is 10.1 Å². The molecule has 5 nitrogen and oxygen atoms in total. The topological polar surface area (TPSA) is 56.2 Å². The summed E-state index contributed by atoms with van der Waals surface area (Å²) in [6.45, 7) is 4.74. The number of nitrogens with one attached hydrogen (secondary N) is 1. The van der Waals surface area contributed by atoms with E-state index >= 15 is 0 Å². The van der Waals surface area contributed by atoms with Crippen molar-refractivity contribution < 1.29 is 18.3 Å². The zero-order valence-corrected chi connectivity index (χ0v) is 15.3. The molecule has 0 fully saturated rings. The molecule has 1 aliphatic heterocycles. The first-order chi connectivity index (χ1) is 12.4. The Morgan fingerprint density at radius 1 is 1.46 bits per heavy atom. The van der Waals surface area contributed by atoms with Crippen molar-refractivity contribution in [3.8, 4) is 5.75 Å². The molecule has 0 bridgehead atoms. The molecule has 1 N–H and O–H groups in total. The molecule has 0 spiro atoms. The van der Waals surface area contributed by atoms with Crippen LogP contribution in [0.2, 0.25) is 5.02 Å². The maximum absolute atomic E-state index is 13.3. The van der Waals surface area contributed by atoms with Crippen LogP contribution in [-0.4, -0.2) is 22.3 Å². The molecule has 3 rings (SSSR count). The second kappa shape index (κ2) is 7.61. The lowest BCUT2D eigenvalue weighted by Crippen LogP contribution is -2.33. The number of aromatic nitrogens is 2. The Morgan fingerprint density at radius 2 is 2.23 bits per heavy atom. The Labute approximate surface area is 155 Å². The van der Waals surface area contributed by atoms with Crippen LogP contribution in [0, 0.1) is 5.92 Å². The fraction of sp³-hybridized carbons (Fsp3) is 0.444. The number of nitrogens with zero attached hydrogens (tertiary/aromatic N) is 2. The van der Waals surface area contributed by atoms with Gasteiger partial charge in [-0.05, 0) is 12.0 Å². The highest BCUT2D eigenvalue weighted by atomic mass is 35.5. The number of carbonyl (C=O) groups is 1. The summed E-state index contributed by atoms with van der Waals surface area (Å²) < 4.78 is 33.6. The van der Waals surface area contributed by atoms with Crippen molar-refractivity contribution in [2.75, 3.05) is 6.61 Å². The number of hydrogen-bond acceptors (Lipinski definition) is 3. The number of para-hydroxylation sites is 1. The molecule has 0 saturated carbocycles. The van der Waals surface area contributed by atoms with Crippen LogP contribution in [0.15, 0.2) is 24.4 Å². The maximum atomic E-state index is 13.3. The maximum Gasteiger partial charge on any atom is 0.272 e. The average Bonchev–Trinajstić information content (AvgIpc) is 2.99. The van der Waals surface area contributed by atoms with Gasteiger partial charge in [0.1, 0.15) is 5.75 Å². The van der Waals surface area contributed by atoms with Crippen LogP contribution >= 0.6 is 11.6 Å². The fourth-order valence-electron chi connectivity index (χ4n) is 3.00. The van der Waals surface area contributed by atoms with E-state index in [1.165, 1.54) is 10.9 Å². The highest BCUT2D eigenvalue weighted by Gasteiger charge is 2.29. The van der Waals surface area contributed by atoms with Crippen molar-refractivity contribution >= 4 is 17.5 Å². The van der Waals surface area contributed by atoms with E-state index in [0.717, 1.165) is 5.56 Å². The predicted molar refractivity (Wildman–Crippen MR) is 93.8 cm³/mol. The lowest BCUT2D eigenvalue weighted by atomic mass is 10.0. The lowest BCUT2D eigenvalue weighted by Gasteiger charge is -2.27. The molecule has 8 heteroatoms. The Morgan fingerprint density at radius 3 is 2.92 bits per heavy atom. The average molecular weight is 384 g/mol. The molecule has 2 heterocycles. The van der Waals surface area contributed by atoms with Gasteiger partial charge in [-0.1, -0.05) is 37.6 Å². The molecule has 1 aromatic heterocycles. The lowest BCUT2D eigenvalue weighted by molar-refractivity contribution is 0.0906. The SMILES string of the molecule is CC(C)Cn1cc(C(F)F)c(C(=O)N[C@@H]2CCOc3c(Cl)cccc32)n1. The summed E-state index contributed by atoms with van der Waals surface area (Å²) in [6, 6.07) is 4.89. The van der Waals surface area contributed by atoms with Crippen molar-refractivity contribution in [3.05, 3.63) is 46.2 Å². The minimum Gasteiger partial charge on any atom is -0.492 e. The summed E-state index contributed by atoms with van der Waals surface area (Å²) in [5, 5.41) is 7.33. The second-order valence-corrected chi connectivity index (χ2v) is 7.08. The highest BCUT2D eigenvalue weighted by Crippen LogP contribution is 2.37. The first-order valence-corrected chi connectivity index (χ1v) is 8.82. The molecule has 1 aliphatic rings. The van der Waals surface area contributed by atoms with Crippen molar-refractivity contribution in [3.63, 3.8) is 0 Å². The number of carbonyl (C=O) groups excluding carboxylic acids is 1. The first-order valence-electron chi connectivity index (χ1n) is 8.44. The van der Waals surface area contributed by atoms with E-state index in [4.69, 9.17) is 16.3 Å². The Kier molecular flexibility index (Phi) is 5.46. The van der Waals surface area contributed by atoms with Crippen molar-refractivity contribution in [2.24, 2.45) is 5.92 Å². The fourth-order valence-corrected chi connectivity index (χ4v) is 3.24. The molecule has 1 amide bonds. The summed E-state index contributed by atoms with van der Waals surface area (Å²) in [5.41, 5.74) is 0.134. The van der Waals surface area contributed by atoms with Gasteiger partial charge in [0.2, 0.25) is 0 Å². The van der Waals surface area contributed by atoms with Gasteiger partial charge in [-0.15, -0.1) is 0 Å². The third-order valence-corrected chi connectivity index (χ3v) is 4.42. The van der Waals surface area contributed by atoms with Crippen LogP contribution in [0.5, 0.6) is 5.75 Å². The predicted octanol–water partition coefficient (Wildman–Crippen LogP) is 4.38. The molecular formula is C18H20ClF2N3O2. The number of fused-ring (bicyclic) bond motifs is 1. The van der Waals surface area contributed by atoms with Gasteiger partial charge >= 0.3 is 0 Å². The molecule has 2 aromatic rings. The molecule has 0 aliphatic carbocycles. The van der Waals surface area contributed by atoms with Gasteiger partial charge in [0.25, 0.3) is 12.3 Å². The van der Waals surface area contributed by atoms with Gasteiger partial charge in [-0.3, -0.25) is 9.48 Å². The van der Waals surface area contributed by atoms with Gasteiger partial charge in [0.05, 0.1) is 23.2 Å².